The Balaban J connectivity index is 2.94. The summed E-state index contributed by atoms with van der Waals surface area (Å²) in [7, 11) is 0. The monoisotopic (exact) mass is 231 g/mol. The zero-order valence-corrected chi connectivity index (χ0v) is 9.38. The molecule has 0 amide bonds. The van der Waals surface area contributed by atoms with E-state index >= 15 is 0 Å². The highest BCUT2D eigenvalue weighted by molar-refractivity contribution is 5.21. The van der Waals surface area contributed by atoms with E-state index in [0.29, 0.717) is 0 Å². The highest BCUT2D eigenvalue weighted by atomic mass is 19.2. The van der Waals surface area contributed by atoms with E-state index in [4.69, 9.17) is 5.73 Å². The molecule has 1 aromatic rings. The van der Waals surface area contributed by atoms with Gasteiger partial charge in [0.05, 0.1) is 0 Å². The van der Waals surface area contributed by atoms with Crippen LogP contribution in [0.1, 0.15) is 25.6 Å². The minimum atomic E-state index is -1.36. The van der Waals surface area contributed by atoms with Crippen LogP contribution in [0.3, 0.4) is 0 Å². The number of nitrogens with two attached hydrogens (primary N) is 1. The standard InChI is InChI=1S/C12H16F3N/c1-7(2)9(6-16)12(15)8-3-4-10(13)11(14)5-8/h3-5,7,9,12H,6,16H2,1-2H3. The Kier molecular flexibility index (Phi) is 4.35. The van der Waals surface area contributed by atoms with E-state index in [1.807, 2.05) is 13.8 Å². The molecule has 16 heavy (non-hydrogen) atoms. The third-order valence-corrected chi connectivity index (χ3v) is 2.77. The summed E-state index contributed by atoms with van der Waals surface area (Å²) in [6.07, 6.45) is -1.36. The summed E-state index contributed by atoms with van der Waals surface area (Å²) in [6, 6.07) is 3.09. The van der Waals surface area contributed by atoms with Crippen molar-refractivity contribution in [3.63, 3.8) is 0 Å². The van der Waals surface area contributed by atoms with Crippen LogP contribution in [0.2, 0.25) is 0 Å². The first-order chi connectivity index (χ1) is 7.47. The van der Waals surface area contributed by atoms with Crippen molar-refractivity contribution >= 4 is 0 Å². The van der Waals surface area contributed by atoms with Crippen molar-refractivity contribution in [1.29, 1.82) is 0 Å². The first-order valence-electron chi connectivity index (χ1n) is 5.26. The molecule has 0 radical (unpaired) electrons. The van der Waals surface area contributed by atoms with Gasteiger partial charge < -0.3 is 5.73 Å². The number of benzene rings is 1. The molecule has 0 fully saturated rings. The Labute approximate surface area is 93.5 Å². The summed E-state index contributed by atoms with van der Waals surface area (Å²) in [4.78, 5) is 0. The molecule has 0 spiro atoms. The van der Waals surface area contributed by atoms with Crippen LogP contribution in [-0.2, 0) is 0 Å². The SMILES string of the molecule is CC(C)C(CN)C(F)c1ccc(F)c(F)c1. The Morgan fingerprint density at radius 3 is 2.25 bits per heavy atom. The molecular formula is C12H16F3N. The summed E-state index contributed by atoms with van der Waals surface area (Å²) in [5.74, 6) is -2.33. The molecule has 2 N–H and O–H groups in total. The van der Waals surface area contributed by atoms with Gasteiger partial charge in [0.2, 0.25) is 0 Å². The number of hydrogen-bond acceptors (Lipinski definition) is 1. The van der Waals surface area contributed by atoms with Gasteiger partial charge in [-0.1, -0.05) is 19.9 Å². The minimum absolute atomic E-state index is 0.0492. The normalized spacial score (nSPS) is 15.2. The van der Waals surface area contributed by atoms with Gasteiger partial charge in [0, 0.05) is 5.92 Å². The second kappa shape index (κ2) is 5.34. The first-order valence-corrected chi connectivity index (χ1v) is 5.26. The Bertz CT molecular complexity index is 352. The van der Waals surface area contributed by atoms with Gasteiger partial charge in [-0.3, -0.25) is 0 Å². The molecule has 0 bridgehead atoms. The molecule has 1 aromatic carbocycles. The summed E-state index contributed by atoms with van der Waals surface area (Å²) in [6.45, 7) is 3.88. The third-order valence-electron chi connectivity index (χ3n) is 2.77. The molecule has 90 valence electrons. The van der Waals surface area contributed by atoms with Crippen molar-refractivity contribution in [2.75, 3.05) is 6.54 Å². The van der Waals surface area contributed by atoms with Gasteiger partial charge in [0.25, 0.3) is 0 Å². The quantitative estimate of drug-likeness (QED) is 0.846. The Morgan fingerprint density at radius 2 is 1.81 bits per heavy atom. The number of alkyl halides is 1. The fourth-order valence-electron chi connectivity index (χ4n) is 1.66. The van der Waals surface area contributed by atoms with E-state index in [0.717, 1.165) is 12.1 Å². The fraction of sp³-hybridized carbons (Fsp3) is 0.500. The van der Waals surface area contributed by atoms with Gasteiger partial charge in [0.15, 0.2) is 11.6 Å². The lowest BCUT2D eigenvalue weighted by Crippen LogP contribution is -2.24. The predicted octanol–water partition coefficient (Wildman–Crippen LogP) is 3.21. The molecular weight excluding hydrogens is 215 g/mol. The summed E-state index contributed by atoms with van der Waals surface area (Å²) < 4.78 is 39.6. The van der Waals surface area contributed by atoms with Crippen LogP contribution in [0.15, 0.2) is 18.2 Å². The smallest absolute Gasteiger partial charge is 0.159 e. The average Bonchev–Trinajstić information content (AvgIpc) is 2.22. The third kappa shape index (κ3) is 2.76. The van der Waals surface area contributed by atoms with Gasteiger partial charge in [-0.25, -0.2) is 13.2 Å². The van der Waals surface area contributed by atoms with E-state index in [1.165, 1.54) is 6.07 Å². The van der Waals surface area contributed by atoms with Crippen molar-refractivity contribution < 1.29 is 13.2 Å². The Hall–Kier alpha value is -1.03. The van der Waals surface area contributed by atoms with Crippen LogP contribution >= 0.6 is 0 Å². The molecule has 0 saturated heterocycles. The van der Waals surface area contributed by atoms with E-state index in [2.05, 4.69) is 0 Å². The van der Waals surface area contributed by atoms with Gasteiger partial charge >= 0.3 is 0 Å². The van der Waals surface area contributed by atoms with Gasteiger partial charge in [-0.05, 0) is 30.2 Å². The predicted molar refractivity (Wildman–Crippen MR) is 57.6 cm³/mol. The van der Waals surface area contributed by atoms with E-state index < -0.39 is 17.8 Å². The molecule has 0 aromatic heterocycles. The molecule has 1 rings (SSSR count). The largest absolute Gasteiger partial charge is 0.330 e. The molecule has 0 aliphatic carbocycles. The van der Waals surface area contributed by atoms with Crippen LogP contribution in [-0.4, -0.2) is 6.54 Å². The van der Waals surface area contributed by atoms with Crippen LogP contribution < -0.4 is 5.73 Å². The van der Waals surface area contributed by atoms with E-state index in [1.54, 1.807) is 0 Å². The molecule has 2 unspecified atom stereocenters. The topological polar surface area (TPSA) is 26.0 Å². The highest BCUT2D eigenvalue weighted by Gasteiger charge is 2.25. The summed E-state index contributed by atoms with van der Waals surface area (Å²) >= 11 is 0. The maximum atomic E-state index is 14.0. The van der Waals surface area contributed by atoms with Crippen LogP contribution in [0, 0.1) is 23.5 Å². The molecule has 0 heterocycles. The zero-order chi connectivity index (χ0) is 12.3. The van der Waals surface area contributed by atoms with Crippen molar-refractivity contribution in [3.8, 4) is 0 Å². The van der Waals surface area contributed by atoms with Crippen molar-refractivity contribution in [2.45, 2.75) is 20.0 Å². The van der Waals surface area contributed by atoms with Crippen molar-refractivity contribution in [2.24, 2.45) is 17.6 Å². The molecule has 0 aliphatic rings. The highest BCUT2D eigenvalue weighted by Crippen LogP contribution is 2.31. The van der Waals surface area contributed by atoms with Crippen LogP contribution in [0.25, 0.3) is 0 Å². The van der Waals surface area contributed by atoms with Crippen LogP contribution in [0.5, 0.6) is 0 Å². The van der Waals surface area contributed by atoms with Crippen LogP contribution in [0.4, 0.5) is 13.2 Å². The fourth-order valence-corrected chi connectivity index (χ4v) is 1.66. The zero-order valence-electron chi connectivity index (χ0n) is 9.38. The molecule has 0 saturated carbocycles. The maximum absolute atomic E-state index is 14.0. The lowest BCUT2D eigenvalue weighted by atomic mass is 9.87. The lowest BCUT2D eigenvalue weighted by Gasteiger charge is -2.23. The Morgan fingerprint density at radius 1 is 1.19 bits per heavy atom. The number of rotatable bonds is 4. The summed E-state index contributed by atoms with van der Waals surface area (Å²) in [5, 5.41) is 0. The first kappa shape index (κ1) is 13.0. The van der Waals surface area contributed by atoms with Gasteiger partial charge in [-0.15, -0.1) is 0 Å². The van der Waals surface area contributed by atoms with Crippen molar-refractivity contribution in [1.82, 2.24) is 0 Å². The number of halogens is 3. The van der Waals surface area contributed by atoms with E-state index in [-0.39, 0.29) is 23.9 Å². The average molecular weight is 231 g/mol. The molecule has 1 nitrogen and oxygen atoms in total. The van der Waals surface area contributed by atoms with Gasteiger partial charge in [0.1, 0.15) is 6.17 Å². The number of hydrogen-bond donors (Lipinski definition) is 1. The molecule has 2 atom stereocenters. The molecule has 4 heteroatoms. The molecule has 0 aliphatic heterocycles. The second-order valence-corrected chi connectivity index (χ2v) is 4.22. The maximum Gasteiger partial charge on any atom is 0.159 e. The lowest BCUT2D eigenvalue weighted by molar-refractivity contribution is 0.188. The second-order valence-electron chi connectivity index (χ2n) is 4.22. The van der Waals surface area contributed by atoms with Gasteiger partial charge in [-0.2, -0.15) is 0 Å². The van der Waals surface area contributed by atoms with Crippen molar-refractivity contribution in [3.05, 3.63) is 35.4 Å². The van der Waals surface area contributed by atoms with E-state index in [9.17, 15) is 13.2 Å². The minimum Gasteiger partial charge on any atom is -0.330 e. The summed E-state index contributed by atoms with van der Waals surface area (Å²) in [5.41, 5.74) is 5.61.